The van der Waals surface area contributed by atoms with Crippen LogP contribution in [-0.2, 0) is 4.79 Å². The third-order valence-electron chi connectivity index (χ3n) is 2.44. The lowest BCUT2D eigenvalue weighted by atomic mass is 10.0. The molecule has 1 aromatic rings. The van der Waals surface area contributed by atoms with Crippen molar-refractivity contribution in [2.24, 2.45) is 0 Å². The monoisotopic (exact) mass is 236 g/mol. The molecule has 0 spiro atoms. The second-order valence-electron chi connectivity index (χ2n) is 4.01. The first kappa shape index (κ1) is 13.0. The number of aliphatic carboxylic acids is 1. The third-order valence-corrected chi connectivity index (χ3v) is 2.44. The van der Waals surface area contributed by atoms with Crippen LogP contribution >= 0.6 is 0 Å². The van der Waals surface area contributed by atoms with E-state index in [-0.39, 0.29) is 6.03 Å². The van der Waals surface area contributed by atoms with E-state index >= 15 is 0 Å². The molecule has 1 unspecified atom stereocenters. The zero-order chi connectivity index (χ0) is 13.0. The van der Waals surface area contributed by atoms with Gasteiger partial charge in [-0.25, -0.2) is 4.79 Å². The van der Waals surface area contributed by atoms with Crippen molar-refractivity contribution in [3.8, 4) is 0 Å². The highest BCUT2D eigenvalue weighted by Gasteiger charge is 2.13. The third kappa shape index (κ3) is 3.48. The summed E-state index contributed by atoms with van der Waals surface area (Å²) < 4.78 is 0. The number of amides is 2. The van der Waals surface area contributed by atoms with Crippen molar-refractivity contribution in [1.82, 2.24) is 4.90 Å². The molecule has 0 aliphatic carbocycles. The van der Waals surface area contributed by atoms with Crippen LogP contribution in [0.4, 0.5) is 10.5 Å². The van der Waals surface area contributed by atoms with Gasteiger partial charge in [-0.1, -0.05) is 12.1 Å². The second-order valence-corrected chi connectivity index (χ2v) is 4.01. The zero-order valence-corrected chi connectivity index (χ0v) is 10.1. The molecule has 0 saturated heterocycles. The summed E-state index contributed by atoms with van der Waals surface area (Å²) in [5.41, 5.74) is 1.35. The molecule has 2 amide bonds. The quantitative estimate of drug-likeness (QED) is 0.843. The molecule has 0 aliphatic rings. The molecule has 2 N–H and O–H groups in total. The van der Waals surface area contributed by atoms with Gasteiger partial charge in [0.1, 0.15) is 0 Å². The number of carbonyl (C=O) groups excluding carboxylic acids is 1. The van der Waals surface area contributed by atoms with Gasteiger partial charge in [0.05, 0.1) is 5.92 Å². The predicted molar refractivity (Wildman–Crippen MR) is 65.2 cm³/mol. The van der Waals surface area contributed by atoms with E-state index in [9.17, 15) is 9.59 Å². The molecule has 1 atom stereocenters. The summed E-state index contributed by atoms with van der Waals surface area (Å²) in [6.45, 7) is 1.62. The number of hydrogen-bond donors (Lipinski definition) is 2. The number of hydrogen-bond acceptors (Lipinski definition) is 2. The van der Waals surface area contributed by atoms with Gasteiger partial charge >= 0.3 is 12.0 Å². The first-order valence-corrected chi connectivity index (χ1v) is 5.23. The van der Waals surface area contributed by atoms with Crippen molar-refractivity contribution < 1.29 is 14.7 Å². The largest absolute Gasteiger partial charge is 0.481 e. The summed E-state index contributed by atoms with van der Waals surface area (Å²) in [5, 5.41) is 11.5. The number of nitrogens with one attached hydrogen (secondary N) is 1. The smallest absolute Gasteiger partial charge is 0.321 e. The maximum Gasteiger partial charge on any atom is 0.321 e. The van der Waals surface area contributed by atoms with Crippen LogP contribution in [-0.4, -0.2) is 36.1 Å². The van der Waals surface area contributed by atoms with Gasteiger partial charge in [0.2, 0.25) is 0 Å². The number of carboxylic acid groups (broad SMARTS) is 1. The maximum atomic E-state index is 11.4. The Labute approximate surface area is 100 Å². The highest BCUT2D eigenvalue weighted by molar-refractivity contribution is 5.89. The number of nitrogens with zero attached hydrogens (tertiary/aromatic N) is 1. The fraction of sp³-hybridized carbons (Fsp3) is 0.333. The average Bonchev–Trinajstić information content (AvgIpc) is 2.28. The molecule has 0 aromatic heterocycles. The van der Waals surface area contributed by atoms with Gasteiger partial charge in [0.15, 0.2) is 0 Å². The summed E-state index contributed by atoms with van der Waals surface area (Å²) >= 11 is 0. The molecule has 0 fully saturated rings. The maximum absolute atomic E-state index is 11.4. The molecular formula is C12H16N2O3. The molecule has 92 valence electrons. The Hall–Kier alpha value is -2.04. The van der Waals surface area contributed by atoms with Gasteiger partial charge in [-0.15, -0.1) is 0 Å². The lowest BCUT2D eigenvalue weighted by molar-refractivity contribution is -0.138. The van der Waals surface area contributed by atoms with E-state index in [1.165, 1.54) is 4.90 Å². The summed E-state index contributed by atoms with van der Waals surface area (Å²) in [5.74, 6) is -1.41. The molecule has 0 saturated carbocycles. The minimum absolute atomic E-state index is 0.218. The number of urea groups is 1. The predicted octanol–water partition coefficient (Wildman–Crippen LogP) is 1.97. The number of anilines is 1. The normalized spacial score (nSPS) is 11.7. The van der Waals surface area contributed by atoms with Crippen LogP contribution in [0.25, 0.3) is 0 Å². The Balaban J connectivity index is 2.75. The van der Waals surface area contributed by atoms with Crippen molar-refractivity contribution >= 4 is 17.7 Å². The molecule has 5 heteroatoms. The molecule has 5 nitrogen and oxygen atoms in total. The SMILES string of the molecule is CC(C(=O)O)c1ccc(NC(=O)N(C)C)cc1. The van der Waals surface area contributed by atoms with Gasteiger partial charge in [0.25, 0.3) is 0 Å². The van der Waals surface area contributed by atoms with E-state index in [4.69, 9.17) is 5.11 Å². The number of rotatable bonds is 3. The summed E-state index contributed by atoms with van der Waals surface area (Å²) in [6.07, 6.45) is 0. The number of carbonyl (C=O) groups is 2. The Kier molecular flexibility index (Phi) is 4.09. The molecular weight excluding hydrogens is 220 g/mol. The molecule has 1 rings (SSSR count). The van der Waals surface area contributed by atoms with Crippen molar-refractivity contribution in [3.05, 3.63) is 29.8 Å². The van der Waals surface area contributed by atoms with E-state index in [0.29, 0.717) is 11.3 Å². The lowest BCUT2D eigenvalue weighted by Gasteiger charge is -2.13. The highest BCUT2D eigenvalue weighted by Crippen LogP contribution is 2.18. The Morgan fingerprint density at radius 2 is 1.76 bits per heavy atom. The van der Waals surface area contributed by atoms with Crippen molar-refractivity contribution in [3.63, 3.8) is 0 Å². The summed E-state index contributed by atoms with van der Waals surface area (Å²) in [7, 11) is 3.30. The van der Waals surface area contributed by atoms with Gasteiger partial charge in [-0.05, 0) is 24.6 Å². The van der Waals surface area contributed by atoms with Gasteiger partial charge < -0.3 is 15.3 Å². The first-order valence-electron chi connectivity index (χ1n) is 5.23. The van der Waals surface area contributed by atoms with Crippen LogP contribution in [0.15, 0.2) is 24.3 Å². The Morgan fingerprint density at radius 3 is 2.18 bits per heavy atom. The van der Waals surface area contributed by atoms with E-state index in [0.717, 1.165) is 0 Å². The van der Waals surface area contributed by atoms with Crippen LogP contribution in [0.2, 0.25) is 0 Å². The average molecular weight is 236 g/mol. The minimum atomic E-state index is -0.866. The fourth-order valence-corrected chi connectivity index (χ4v) is 1.23. The van der Waals surface area contributed by atoms with Crippen molar-refractivity contribution in [1.29, 1.82) is 0 Å². The summed E-state index contributed by atoms with van der Waals surface area (Å²) in [4.78, 5) is 23.6. The van der Waals surface area contributed by atoms with Crippen LogP contribution in [0.5, 0.6) is 0 Å². The van der Waals surface area contributed by atoms with Crippen molar-refractivity contribution in [2.75, 3.05) is 19.4 Å². The number of carboxylic acids is 1. The Bertz CT molecular complexity index is 412. The number of benzene rings is 1. The van der Waals surface area contributed by atoms with Crippen LogP contribution < -0.4 is 5.32 Å². The molecule has 0 heterocycles. The lowest BCUT2D eigenvalue weighted by Crippen LogP contribution is -2.27. The second kappa shape index (κ2) is 5.34. The minimum Gasteiger partial charge on any atom is -0.481 e. The fourth-order valence-electron chi connectivity index (χ4n) is 1.23. The molecule has 17 heavy (non-hydrogen) atoms. The van der Waals surface area contributed by atoms with Crippen LogP contribution in [0.3, 0.4) is 0 Å². The van der Waals surface area contributed by atoms with E-state index in [1.807, 2.05) is 0 Å². The van der Waals surface area contributed by atoms with E-state index in [1.54, 1.807) is 45.3 Å². The van der Waals surface area contributed by atoms with Crippen LogP contribution in [0.1, 0.15) is 18.4 Å². The van der Waals surface area contributed by atoms with Gasteiger partial charge in [-0.3, -0.25) is 4.79 Å². The van der Waals surface area contributed by atoms with Gasteiger partial charge in [0, 0.05) is 19.8 Å². The van der Waals surface area contributed by atoms with Crippen molar-refractivity contribution in [2.45, 2.75) is 12.8 Å². The van der Waals surface area contributed by atoms with Crippen LogP contribution in [0, 0.1) is 0 Å². The van der Waals surface area contributed by atoms with Gasteiger partial charge in [-0.2, -0.15) is 0 Å². The highest BCUT2D eigenvalue weighted by atomic mass is 16.4. The standard InChI is InChI=1S/C12H16N2O3/c1-8(11(15)16)9-4-6-10(7-5-9)13-12(17)14(2)3/h4-8H,1-3H3,(H,13,17)(H,15,16). The molecule has 0 aliphatic heterocycles. The zero-order valence-electron chi connectivity index (χ0n) is 10.1. The summed E-state index contributed by atoms with van der Waals surface area (Å²) in [6, 6.07) is 6.56. The molecule has 0 bridgehead atoms. The molecule has 0 radical (unpaired) electrons. The van der Waals surface area contributed by atoms with E-state index < -0.39 is 11.9 Å². The topological polar surface area (TPSA) is 69.6 Å². The first-order chi connectivity index (χ1) is 7.91. The Morgan fingerprint density at radius 1 is 1.24 bits per heavy atom. The molecule has 1 aromatic carbocycles. The van der Waals surface area contributed by atoms with E-state index in [2.05, 4.69) is 5.32 Å².